The first-order valence-electron chi connectivity index (χ1n) is 4.92. The van der Waals surface area contributed by atoms with E-state index in [1.165, 1.54) is 5.56 Å². The molecule has 74 valence electrons. The van der Waals surface area contributed by atoms with Crippen LogP contribution in [0.3, 0.4) is 0 Å². The minimum Gasteiger partial charge on any atom is -0.295 e. The molecular weight excluding hydrogens is 172 g/mol. The standard InChI is InChI=1S/C13H16O/c1-11(7-6-8-12(2)14)13-9-4-3-5-10-13/h3-6,8-11H,7H2,1-2H3/b8-6+/t11-/m1/s1. The molecule has 0 aliphatic heterocycles. The third kappa shape index (κ3) is 3.56. The Labute approximate surface area is 85.5 Å². The number of ketones is 1. The first-order chi connectivity index (χ1) is 6.70. The molecule has 0 bridgehead atoms. The Balaban J connectivity index is 2.51. The van der Waals surface area contributed by atoms with E-state index in [2.05, 4.69) is 19.1 Å². The third-order valence-corrected chi connectivity index (χ3v) is 2.21. The molecule has 0 saturated carbocycles. The summed E-state index contributed by atoms with van der Waals surface area (Å²) in [7, 11) is 0. The monoisotopic (exact) mass is 188 g/mol. The predicted octanol–water partition coefficient (Wildman–Crippen LogP) is 3.33. The zero-order valence-electron chi connectivity index (χ0n) is 8.73. The molecule has 0 radical (unpaired) electrons. The van der Waals surface area contributed by atoms with Crippen LogP contribution in [-0.2, 0) is 4.79 Å². The van der Waals surface area contributed by atoms with Crippen LogP contribution in [0.4, 0.5) is 0 Å². The Bertz CT molecular complexity index is 311. The second-order valence-corrected chi connectivity index (χ2v) is 3.56. The van der Waals surface area contributed by atoms with Gasteiger partial charge in [0.25, 0.3) is 0 Å². The summed E-state index contributed by atoms with van der Waals surface area (Å²) < 4.78 is 0. The average molecular weight is 188 g/mol. The molecule has 1 rings (SSSR count). The van der Waals surface area contributed by atoms with Gasteiger partial charge in [-0.1, -0.05) is 43.3 Å². The van der Waals surface area contributed by atoms with Gasteiger partial charge >= 0.3 is 0 Å². The van der Waals surface area contributed by atoms with Crippen LogP contribution in [0, 0.1) is 0 Å². The van der Waals surface area contributed by atoms with E-state index >= 15 is 0 Å². The van der Waals surface area contributed by atoms with Crippen molar-refractivity contribution in [2.75, 3.05) is 0 Å². The molecule has 1 heteroatoms. The molecule has 0 spiro atoms. The molecule has 1 aromatic rings. The molecule has 0 saturated heterocycles. The van der Waals surface area contributed by atoms with Crippen molar-refractivity contribution in [2.24, 2.45) is 0 Å². The molecule has 0 unspecified atom stereocenters. The zero-order valence-corrected chi connectivity index (χ0v) is 8.73. The van der Waals surface area contributed by atoms with Crippen molar-refractivity contribution < 1.29 is 4.79 Å². The van der Waals surface area contributed by atoms with Crippen LogP contribution in [0.25, 0.3) is 0 Å². The molecule has 0 N–H and O–H groups in total. The summed E-state index contributed by atoms with van der Waals surface area (Å²) in [5.41, 5.74) is 1.32. The number of rotatable bonds is 4. The SMILES string of the molecule is CC(=O)/C=C/C[C@@H](C)c1ccccc1. The van der Waals surface area contributed by atoms with E-state index in [1.54, 1.807) is 13.0 Å². The summed E-state index contributed by atoms with van der Waals surface area (Å²) in [5.74, 6) is 0.595. The Morgan fingerprint density at radius 3 is 2.57 bits per heavy atom. The number of hydrogen-bond donors (Lipinski definition) is 0. The fraction of sp³-hybridized carbons (Fsp3) is 0.308. The summed E-state index contributed by atoms with van der Waals surface area (Å²) in [6.45, 7) is 3.74. The van der Waals surface area contributed by atoms with Gasteiger partial charge in [-0.3, -0.25) is 4.79 Å². The predicted molar refractivity (Wildman–Crippen MR) is 59.3 cm³/mol. The van der Waals surface area contributed by atoms with Crippen LogP contribution in [-0.4, -0.2) is 5.78 Å². The van der Waals surface area contributed by atoms with Crippen LogP contribution in [0.1, 0.15) is 31.7 Å². The second kappa shape index (κ2) is 5.38. The van der Waals surface area contributed by atoms with Gasteiger partial charge < -0.3 is 0 Å². The number of allylic oxidation sites excluding steroid dienone is 2. The lowest BCUT2D eigenvalue weighted by Crippen LogP contribution is -1.91. The lowest BCUT2D eigenvalue weighted by Gasteiger charge is -2.07. The first kappa shape index (κ1) is 10.7. The van der Waals surface area contributed by atoms with Gasteiger partial charge in [0.15, 0.2) is 5.78 Å². The largest absolute Gasteiger partial charge is 0.295 e. The highest BCUT2D eigenvalue weighted by Crippen LogP contribution is 2.18. The summed E-state index contributed by atoms with van der Waals surface area (Å²) in [6, 6.07) is 10.3. The summed E-state index contributed by atoms with van der Waals surface area (Å²) in [6.07, 6.45) is 4.50. The van der Waals surface area contributed by atoms with Crippen LogP contribution in [0.15, 0.2) is 42.5 Å². The van der Waals surface area contributed by atoms with E-state index in [9.17, 15) is 4.79 Å². The van der Waals surface area contributed by atoms with E-state index in [0.717, 1.165) is 6.42 Å². The highest BCUT2D eigenvalue weighted by Gasteiger charge is 2.01. The van der Waals surface area contributed by atoms with E-state index in [-0.39, 0.29) is 5.78 Å². The fourth-order valence-electron chi connectivity index (χ4n) is 1.36. The van der Waals surface area contributed by atoms with Gasteiger partial charge in [-0.15, -0.1) is 0 Å². The van der Waals surface area contributed by atoms with Gasteiger partial charge in [0.05, 0.1) is 0 Å². The molecule has 1 atom stereocenters. The fourth-order valence-corrected chi connectivity index (χ4v) is 1.36. The number of carbonyl (C=O) groups excluding carboxylic acids is 1. The van der Waals surface area contributed by atoms with E-state index < -0.39 is 0 Å². The number of carbonyl (C=O) groups is 1. The molecule has 0 aliphatic carbocycles. The van der Waals surface area contributed by atoms with Gasteiger partial charge in [-0.05, 0) is 30.9 Å². The maximum atomic E-state index is 10.7. The zero-order chi connectivity index (χ0) is 10.4. The lowest BCUT2D eigenvalue weighted by atomic mass is 9.98. The molecule has 0 amide bonds. The molecule has 1 nitrogen and oxygen atoms in total. The van der Waals surface area contributed by atoms with Crippen molar-refractivity contribution in [3.63, 3.8) is 0 Å². The van der Waals surface area contributed by atoms with Crippen molar-refractivity contribution in [1.82, 2.24) is 0 Å². The summed E-state index contributed by atoms with van der Waals surface area (Å²) >= 11 is 0. The van der Waals surface area contributed by atoms with Gasteiger partial charge in [-0.25, -0.2) is 0 Å². The minimum atomic E-state index is 0.116. The smallest absolute Gasteiger partial charge is 0.152 e. The minimum absolute atomic E-state index is 0.116. The lowest BCUT2D eigenvalue weighted by molar-refractivity contribution is -0.112. The normalized spacial score (nSPS) is 13.0. The van der Waals surface area contributed by atoms with Crippen molar-refractivity contribution in [3.05, 3.63) is 48.0 Å². The second-order valence-electron chi connectivity index (χ2n) is 3.56. The maximum absolute atomic E-state index is 10.7. The highest BCUT2D eigenvalue weighted by molar-refractivity contribution is 5.87. The Hall–Kier alpha value is -1.37. The van der Waals surface area contributed by atoms with Crippen LogP contribution < -0.4 is 0 Å². The molecular formula is C13H16O. The van der Waals surface area contributed by atoms with Crippen LogP contribution in [0.5, 0.6) is 0 Å². The van der Waals surface area contributed by atoms with Gasteiger partial charge in [0, 0.05) is 0 Å². The van der Waals surface area contributed by atoms with Crippen molar-refractivity contribution in [1.29, 1.82) is 0 Å². The number of hydrogen-bond acceptors (Lipinski definition) is 1. The Morgan fingerprint density at radius 2 is 2.00 bits per heavy atom. The molecule has 0 heterocycles. The van der Waals surface area contributed by atoms with E-state index in [4.69, 9.17) is 0 Å². The average Bonchev–Trinajstić information content (AvgIpc) is 2.18. The van der Waals surface area contributed by atoms with Gasteiger partial charge in [0.2, 0.25) is 0 Å². The highest BCUT2D eigenvalue weighted by atomic mass is 16.1. The van der Waals surface area contributed by atoms with Gasteiger partial charge in [-0.2, -0.15) is 0 Å². The van der Waals surface area contributed by atoms with Crippen molar-refractivity contribution in [3.8, 4) is 0 Å². The molecule has 0 aliphatic rings. The molecule has 14 heavy (non-hydrogen) atoms. The Morgan fingerprint density at radius 1 is 1.36 bits per heavy atom. The maximum Gasteiger partial charge on any atom is 0.152 e. The van der Waals surface area contributed by atoms with Gasteiger partial charge in [0.1, 0.15) is 0 Å². The van der Waals surface area contributed by atoms with E-state index in [0.29, 0.717) is 5.92 Å². The quantitative estimate of drug-likeness (QED) is 0.662. The van der Waals surface area contributed by atoms with Crippen LogP contribution in [0.2, 0.25) is 0 Å². The molecule has 1 aromatic carbocycles. The molecule has 0 aromatic heterocycles. The summed E-state index contributed by atoms with van der Waals surface area (Å²) in [4.78, 5) is 10.7. The van der Waals surface area contributed by atoms with Crippen molar-refractivity contribution in [2.45, 2.75) is 26.2 Å². The van der Waals surface area contributed by atoms with Crippen LogP contribution >= 0.6 is 0 Å². The molecule has 0 fully saturated rings. The van der Waals surface area contributed by atoms with E-state index in [1.807, 2.05) is 24.3 Å². The summed E-state index contributed by atoms with van der Waals surface area (Å²) in [5, 5.41) is 0. The third-order valence-electron chi connectivity index (χ3n) is 2.21. The number of benzene rings is 1. The Kier molecular flexibility index (Phi) is 4.11. The van der Waals surface area contributed by atoms with Crippen molar-refractivity contribution >= 4 is 5.78 Å². The first-order valence-corrected chi connectivity index (χ1v) is 4.92. The topological polar surface area (TPSA) is 17.1 Å².